The standard InChI is InChI=1S/C25H21F2N5O2/c1-15-19-12-17(4-7-22(19)29-14-28-15)20-13-21(27)24(31-25(33)32-8-10-34-11-9-32)30-23(20)16-2-5-18(26)6-3-16/h2-7,12-14H,8-11H2,1H3,(H,30,31,33). The van der Waals surface area contributed by atoms with Crippen LogP contribution in [0.4, 0.5) is 19.4 Å². The molecule has 0 atom stereocenters. The highest BCUT2D eigenvalue weighted by Gasteiger charge is 2.21. The first-order valence-corrected chi connectivity index (χ1v) is 10.8. The maximum Gasteiger partial charge on any atom is 0.323 e. The number of anilines is 1. The summed E-state index contributed by atoms with van der Waals surface area (Å²) in [4.78, 5) is 27.2. The Morgan fingerprint density at radius 1 is 1.00 bits per heavy atom. The fourth-order valence-corrected chi connectivity index (χ4v) is 3.92. The first kappa shape index (κ1) is 21.8. The van der Waals surface area contributed by atoms with E-state index < -0.39 is 17.7 Å². The number of hydrogen-bond donors (Lipinski definition) is 1. The lowest BCUT2D eigenvalue weighted by atomic mass is 9.97. The number of rotatable bonds is 3. The average Bonchev–Trinajstić information content (AvgIpc) is 2.86. The maximum absolute atomic E-state index is 15.2. The molecule has 2 aromatic heterocycles. The number of amides is 2. The second kappa shape index (κ2) is 9.11. The Kier molecular flexibility index (Phi) is 5.85. The number of morpholine rings is 1. The predicted octanol–water partition coefficient (Wildman–Crippen LogP) is 4.81. The van der Waals surface area contributed by atoms with Crippen LogP contribution in [0.25, 0.3) is 33.3 Å². The number of carbonyl (C=O) groups is 1. The molecule has 0 bridgehead atoms. The second-order valence-electron chi connectivity index (χ2n) is 7.94. The van der Waals surface area contributed by atoms with Gasteiger partial charge in [0.25, 0.3) is 0 Å². The number of aromatic nitrogens is 3. The van der Waals surface area contributed by atoms with E-state index >= 15 is 4.39 Å². The molecule has 9 heteroatoms. The number of aryl methyl sites for hydroxylation is 1. The van der Waals surface area contributed by atoms with Crippen molar-refractivity contribution >= 4 is 22.8 Å². The molecule has 172 valence electrons. The largest absolute Gasteiger partial charge is 0.378 e. The van der Waals surface area contributed by atoms with Crippen LogP contribution in [0.5, 0.6) is 0 Å². The van der Waals surface area contributed by atoms with Gasteiger partial charge in [0.1, 0.15) is 12.1 Å². The summed E-state index contributed by atoms with van der Waals surface area (Å²) < 4.78 is 34.1. The number of fused-ring (bicyclic) bond motifs is 1. The molecule has 1 N–H and O–H groups in total. The van der Waals surface area contributed by atoms with Crippen molar-refractivity contribution in [2.75, 3.05) is 31.6 Å². The van der Waals surface area contributed by atoms with Crippen LogP contribution in [-0.2, 0) is 4.74 Å². The average molecular weight is 461 g/mol. The van der Waals surface area contributed by atoms with E-state index in [4.69, 9.17) is 4.74 Å². The summed E-state index contributed by atoms with van der Waals surface area (Å²) in [5.41, 5.74) is 3.74. The van der Waals surface area contributed by atoms with Gasteiger partial charge in [0, 0.05) is 35.3 Å². The van der Waals surface area contributed by atoms with E-state index in [9.17, 15) is 9.18 Å². The Hall–Kier alpha value is -3.98. The number of nitrogens with one attached hydrogen (secondary N) is 1. The zero-order chi connectivity index (χ0) is 23.7. The lowest BCUT2D eigenvalue weighted by molar-refractivity contribution is 0.0564. The van der Waals surface area contributed by atoms with Crippen molar-refractivity contribution in [3.8, 4) is 22.4 Å². The fourth-order valence-electron chi connectivity index (χ4n) is 3.92. The van der Waals surface area contributed by atoms with Crippen molar-refractivity contribution in [3.63, 3.8) is 0 Å². The summed E-state index contributed by atoms with van der Waals surface area (Å²) in [6.07, 6.45) is 1.49. The van der Waals surface area contributed by atoms with Gasteiger partial charge >= 0.3 is 6.03 Å². The molecule has 7 nitrogen and oxygen atoms in total. The Morgan fingerprint density at radius 3 is 2.50 bits per heavy atom. The SMILES string of the molecule is Cc1ncnc2ccc(-c3cc(F)c(NC(=O)N4CCOCC4)nc3-c3ccc(F)cc3)cc12. The van der Waals surface area contributed by atoms with Crippen LogP contribution in [0.15, 0.2) is 54.9 Å². The Bertz CT molecular complexity index is 1370. The molecule has 1 aliphatic heterocycles. The third-order valence-electron chi connectivity index (χ3n) is 5.76. The van der Waals surface area contributed by atoms with E-state index in [0.29, 0.717) is 48.7 Å². The van der Waals surface area contributed by atoms with E-state index in [1.807, 2.05) is 25.1 Å². The van der Waals surface area contributed by atoms with Crippen LogP contribution in [0.2, 0.25) is 0 Å². The van der Waals surface area contributed by atoms with Gasteiger partial charge < -0.3 is 9.64 Å². The molecular formula is C25H21F2N5O2. The molecule has 0 saturated carbocycles. The van der Waals surface area contributed by atoms with Crippen LogP contribution >= 0.6 is 0 Å². The van der Waals surface area contributed by atoms with Crippen molar-refractivity contribution < 1.29 is 18.3 Å². The molecule has 2 aromatic carbocycles. The number of nitrogens with zero attached hydrogens (tertiary/aromatic N) is 4. The number of hydrogen-bond acceptors (Lipinski definition) is 5. The summed E-state index contributed by atoms with van der Waals surface area (Å²) in [6.45, 7) is 3.55. The van der Waals surface area contributed by atoms with Crippen LogP contribution < -0.4 is 5.32 Å². The molecule has 1 saturated heterocycles. The van der Waals surface area contributed by atoms with Crippen molar-refractivity contribution in [2.24, 2.45) is 0 Å². The molecule has 3 heterocycles. The smallest absolute Gasteiger partial charge is 0.323 e. The highest BCUT2D eigenvalue weighted by atomic mass is 19.1. The third-order valence-corrected chi connectivity index (χ3v) is 5.76. The van der Waals surface area contributed by atoms with Crippen LogP contribution in [0.3, 0.4) is 0 Å². The van der Waals surface area contributed by atoms with Crippen molar-refractivity contribution in [3.05, 3.63) is 72.2 Å². The summed E-state index contributed by atoms with van der Waals surface area (Å²) >= 11 is 0. The topological polar surface area (TPSA) is 80.2 Å². The number of halogens is 2. The van der Waals surface area contributed by atoms with Gasteiger partial charge in [-0.15, -0.1) is 0 Å². The highest BCUT2D eigenvalue weighted by Crippen LogP contribution is 2.35. The lowest BCUT2D eigenvalue weighted by Gasteiger charge is -2.27. The normalized spacial score (nSPS) is 13.8. The van der Waals surface area contributed by atoms with E-state index in [1.54, 1.807) is 17.0 Å². The van der Waals surface area contributed by atoms with Crippen molar-refractivity contribution in [1.82, 2.24) is 19.9 Å². The second-order valence-corrected chi connectivity index (χ2v) is 7.94. The predicted molar refractivity (Wildman–Crippen MR) is 124 cm³/mol. The number of ether oxygens (including phenoxy) is 1. The van der Waals surface area contributed by atoms with Gasteiger partial charge in [-0.05, 0) is 55.0 Å². The van der Waals surface area contributed by atoms with Gasteiger partial charge in [0.05, 0.1) is 24.4 Å². The number of carbonyl (C=O) groups excluding carboxylic acids is 1. The Balaban J connectivity index is 1.61. The van der Waals surface area contributed by atoms with Crippen LogP contribution in [-0.4, -0.2) is 52.2 Å². The molecule has 1 aliphatic rings. The van der Waals surface area contributed by atoms with E-state index in [1.165, 1.54) is 24.5 Å². The quantitative estimate of drug-likeness (QED) is 0.474. The molecule has 0 spiro atoms. The lowest BCUT2D eigenvalue weighted by Crippen LogP contribution is -2.43. The van der Waals surface area contributed by atoms with E-state index in [-0.39, 0.29) is 5.82 Å². The van der Waals surface area contributed by atoms with Gasteiger partial charge in [-0.1, -0.05) is 6.07 Å². The zero-order valence-electron chi connectivity index (χ0n) is 18.4. The molecule has 0 unspecified atom stereocenters. The zero-order valence-corrected chi connectivity index (χ0v) is 18.4. The number of urea groups is 1. The van der Waals surface area contributed by atoms with Gasteiger partial charge in [-0.3, -0.25) is 5.32 Å². The first-order valence-electron chi connectivity index (χ1n) is 10.8. The molecule has 5 rings (SSSR count). The Labute approximate surface area is 194 Å². The molecule has 0 aliphatic carbocycles. The summed E-state index contributed by atoms with van der Waals surface area (Å²) in [5.74, 6) is -1.27. The monoisotopic (exact) mass is 461 g/mol. The molecule has 4 aromatic rings. The minimum Gasteiger partial charge on any atom is -0.378 e. The third kappa shape index (κ3) is 4.29. The van der Waals surface area contributed by atoms with Gasteiger partial charge in [-0.2, -0.15) is 0 Å². The molecule has 1 fully saturated rings. The van der Waals surface area contributed by atoms with Crippen LogP contribution in [0.1, 0.15) is 5.69 Å². The maximum atomic E-state index is 15.2. The molecular weight excluding hydrogens is 440 g/mol. The molecule has 2 amide bonds. The fraction of sp³-hybridized carbons (Fsp3) is 0.200. The van der Waals surface area contributed by atoms with Crippen LogP contribution in [0, 0.1) is 18.6 Å². The first-order chi connectivity index (χ1) is 16.5. The van der Waals surface area contributed by atoms with Gasteiger partial charge in [-0.25, -0.2) is 28.5 Å². The number of pyridine rings is 1. The highest BCUT2D eigenvalue weighted by molar-refractivity contribution is 5.92. The van der Waals surface area contributed by atoms with Crippen molar-refractivity contribution in [1.29, 1.82) is 0 Å². The number of benzene rings is 2. The van der Waals surface area contributed by atoms with Gasteiger partial charge in [0.15, 0.2) is 11.6 Å². The van der Waals surface area contributed by atoms with E-state index in [2.05, 4.69) is 20.3 Å². The van der Waals surface area contributed by atoms with Crippen molar-refractivity contribution in [2.45, 2.75) is 6.92 Å². The molecule has 0 radical (unpaired) electrons. The minimum absolute atomic E-state index is 0.195. The molecule has 34 heavy (non-hydrogen) atoms. The van der Waals surface area contributed by atoms with Gasteiger partial charge in [0.2, 0.25) is 0 Å². The summed E-state index contributed by atoms with van der Waals surface area (Å²) in [5, 5.41) is 3.40. The summed E-state index contributed by atoms with van der Waals surface area (Å²) in [7, 11) is 0. The minimum atomic E-state index is -0.677. The summed E-state index contributed by atoms with van der Waals surface area (Å²) in [6, 6.07) is 12.2. The van der Waals surface area contributed by atoms with E-state index in [0.717, 1.165) is 16.6 Å². The Morgan fingerprint density at radius 2 is 1.74 bits per heavy atom.